The first-order chi connectivity index (χ1) is 9.97. The third kappa shape index (κ3) is 2.55. The maximum absolute atomic E-state index is 13.0. The predicted molar refractivity (Wildman–Crippen MR) is 70.9 cm³/mol. The minimum Gasteiger partial charge on any atom is -0.294 e. The second-order valence-electron chi connectivity index (χ2n) is 5.16. The van der Waals surface area contributed by atoms with Gasteiger partial charge in [0, 0.05) is 23.9 Å². The van der Waals surface area contributed by atoms with Crippen molar-refractivity contribution in [3.63, 3.8) is 0 Å². The average molecular weight is 291 g/mol. The van der Waals surface area contributed by atoms with Crippen molar-refractivity contribution in [2.75, 3.05) is 0 Å². The van der Waals surface area contributed by atoms with Crippen LogP contribution in [0.1, 0.15) is 27.0 Å². The van der Waals surface area contributed by atoms with E-state index >= 15 is 0 Å². The molecule has 1 aromatic carbocycles. The van der Waals surface area contributed by atoms with Gasteiger partial charge in [-0.2, -0.15) is 13.2 Å². The van der Waals surface area contributed by atoms with Crippen molar-refractivity contribution >= 4 is 5.78 Å². The number of carbonyl (C=O) groups excluding carboxylic acids is 1. The lowest BCUT2D eigenvalue weighted by Crippen LogP contribution is -2.20. The van der Waals surface area contributed by atoms with Gasteiger partial charge in [-0.25, -0.2) is 0 Å². The third-order valence-corrected chi connectivity index (χ3v) is 3.81. The lowest BCUT2D eigenvalue weighted by molar-refractivity contribution is -0.138. The van der Waals surface area contributed by atoms with Crippen molar-refractivity contribution in [2.24, 2.45) is 5.92 Å². The molecular weight excluding hydrogens is 279 g/mol. The number of aromatic nitrogens is 1. The summed E-state index contributed by atoms with van der Waals surface area (Å²) in [4.78, 5) is 16.1. The number of nitrogens with zero attached hydrogens (tertiary/aromatic N) is 1. The minimum absolute atomic E-state index is 0.331. The van der Waals surface area contributed by atoms with E-state index in [1.807, 2.05) is 24.3 Å². The molecule has 0 amide bonds. The van der Waals surface area contributed by atoms with Crippen LogP contribution in [0.3, 0.4) is 0 Å². The summed E-state index contributed by atoms with van der Waals surface area (Å²) in [5, 5.41) is 0. The van der Waals surface area contributed by atoms with E-state index in [-0.39, 0.29) is 5.56 Å². The van der Waals surface area contributed by atoms with Gasteiger partial charge >= 0.3 is 6.18 Å². The first-order valence-electron chi connectivity index (χ1n) is 6.59. The molecular formula is C16H12F3NO. The van der Waals surface area contributed by atoms with Crippen molar-refractivity contribution in [2.45, 2.75) is 19.0 Å². The Hall–Kier alpha value is -2.17. The quantitative estimate of drug-likeness (QED) is 0.790. The van der Waals surface area contributed by atoms with Crippen LogP contribution in [0.25, 0.3) is 0 Å². The zero-order valence-electron chi connectivity index (χ0n) is 11.0. The number of hydrogen-bond donors (Lipinski definition) is 0. The summed E-state index contributed by atoms with van der Waals surface area (Å²) in [6, 6.07) is 8.43. The van der Waals surface area contributed by atoms with E-state index in [0.717, 1.165) is 29.6 Å². The topological polar surface area (TPSA) is 30.0 Å². The molecule has 0 unspecified atom stereocenters. The van der Waals surface area contributed by atoms with Gasteiger partial charge in [0.05, 0.1) is 5.56 Å². The molecule has 2 aromatic rings. The maximum Gasteiger partial charge on any atom is 0.417 e. The van der Waals surface area contributed by atoms with Gasteiger partial charge in [0.25, 0.3) is 0 Å². The molecule has 0 saturated carbocycles. The van der Waals surface area contributed by atoms with E-state index in [1.54, 1.807) is 0 Å². The summed E-state index contributed by atoms with van der Waals surface area (Å²) in [7, 11) is 0. The Balaban J connectivity index is 1.92. The van der Waals surface area contributed by atoms with Crippen molar-refractivity contribution in [3.8, 4) is 0 Å². The molecule has 3 rings (SSSR count). The largest absolute Gasteiger partial charge is 0.417 e. The van der Waals surface area contributed by atoms with Crippen LogP contribution in [-0.2, 0) is 19.0 Å². The van der Waals surface area contributed by atoms with Crippen LogP contribution in [0, 0.1) is 5.92 Å². The number of halogens is 3. The molecule has 0 radical (unpaired) electrons. The molecule has 21 heavy (non-hydrogen) atoms. The van der Waals surface area contributed by atoms with E-state index in [9.17, 15) is 18.0 Å². The second kappa shape index (κ2) is 4.98. The van der Waals surface area contributed by atoms with Gasteiger partial charge in [-0.05, 0) is 30.0 Å². The Morgan fingerprint density at radius 1 is 1.10 bits per heavy atom. The zero-order valence-corrected chi connectivity index (χ0v) is 11.0. The molecule has 0 N–H and O–H groups in total. The number of hydrogen-bond acceptors (Lipinski definition) is 2. The van der Waals surface area contributed by atoms with Gasteiger partial charge in [0.2, 0.25) is 0 Å². The first kappa shape index (κ1) is 13.8. The van der Waals surface area contributed by atoms with E-state index in [2.05, 4.69) is 4.98 Å². The Kier molecular flexibility index (Phi) is 3.27. The lowest BCUT2D eigenvalue weighted by Gasteiger charge is -2.14. The normalized spacial score (nSPS) is 15.0. The van der Waals surface area contributed by atoms with Crippen LogP contribution in [0.5, 0.6) is 0 Å². The molecule has 0 spiro atoms. The van der Waals surface area contributed by atoms with Crippen molar-refractivity contribution < 1.29 is 18.0 Å². The van der Waals surface area contributed by atoms with Crippen LogP contribution >= 0.6 is 0 Å². The van der Waals surface area contributed by atoms with Crippen LogP contribution in [0.15, 0.2) is 42.7 Å². The summed E-state index contributed by atoms with van der Waals surface area (Å²) in [5.41, 5.74) is 0.836. The fraction of sp³-hybridized carbons (Fsp3) is 0.250. The standard InChI is InChI=1S/C16H12F3NO/c17-16(18,19)14-5-6-20-9-13(14)15(21)12-7-10-3-1-2-4-11(10)8-12/h1-6,9,12H,7-8H2. The fourth-order valence-electron chi connectivity index (χ4n) is 2.80. The highest BCUT2D eigenvalue weighted by Gasteiger charge is 2.37. The molecule has 2 nitrogen and oxygen atoms in total. The number of fused-ring (bicyclic) bond motifs is 1. The summed E-state index contributed by atoms with van der Waals surface area (Å²) >= 11 is 0. The number of Topliss-reactive ketones (excluding diaryl/α,β-unsaturated/α-hetero) is 1. The summed E-state index contributed by atoms with van der Waals surface area (Å²) in [6.07, 6.45) is -1.49. The van der Waals surface area contributed by atoms with Crippen LogP contribution in [-0.4, -0.2) is 10.8 Å². The molecule has 1 aliphatic carbocycles. The molecule has 1 aromatic heterocycles. The number of carbonyl (C=O) groups is 1. The number of ketones is 1. The Labute approximate surface area is 119 Å². The van der Waals surface area contributed by atoms with Crippen LogP contribution in [0.4, 0.5) is 13.2 Å². The van der Waals surface area contributed by atoms with Crippen LogP contribution < -0.4 is 0 Å². The Morgan fingerprint density at radius 3 is 2.29 bits per heavy atom. The molecule has 0 atom stereocenters. The molecule has 108 valence electrons. The maximum atomic E-state index is 13.0. The fourth-order valence-corrected chi connectivity index (χ4v) is 2.80. The summed E-state index contributed by atoms with van der Waals surface area (Å²) < 4.78 is 38.9. The second-order valence-corrected chi connectivity index (χ2v) is 5.16. The van der Waals surface area contributed by atoms with E-state index in [4.69, 9.17) is 0 Å². The molecule has 5 heteroatoms. The molecule has 0 bridgehead atoms. The van der Waals surface area contributed by atoms with Crippen molar-refractivity contribution in [1.82, 2.24) is 4.98 Å². The van der Waals surface area contributed by atoms with E-state index < -0.39 is 23.4 Å². The van der Waals surface area contributed by atoms with Gasteiger partial charge < -0.3 is 0 Å². The lowest BCUT2D eigenvalue weighted by atomic mass is 9.93. The molecule has 1 heterocycles. The number of benzene rings is 1. The van der Waals surface area contributed by atoms with Gasteiger partial charge in [-0.3, -0.25) is 9.78 Å². The van der Waals surface area contributed by atoms with Gasteiger partial charge in [-0.1, -0.05) is 24.3 Å². The molecule has 0 saturated heterocycles. The van der Waals surface area contributed by atoms with E-state index in [1.165, 1.54) is 0 Å². The minimum atomic E-state index is -4.54. The monoisotopic (exact) mass is 291 g/mol. The van der Waals surface area contributed by atoms with Crippen molar-refractivity contribution in [1.29, 1.82) is 0 Å². The predicted octanol–water partition coefficient (Wildman–Crippen LogP) is 3.70. The van der Waals surface area contributed by atoms with Gasteiger partial charge in [0.1, 0.15) is 0 Å². The van der Waals surface area contributed by atoms with Crippen LogP contribution in [0.2, 0.25) is 0 Å². The van der Waals surface area contributed by atoms with Crippen molar-refractivity contribution in [3.05, 3.63) is 65.0 Å². The summed E-state index contributed by atoms with van der Waals surface area (Å²) in [5.74, 6) is -0.917. The Morgan fingerprint density at radius 2 is 1.71 bits per heavy atom. The molecule has 1 aliphatic rings. The number of rotatable bonds is 2. The highest BCUT2D eigenvalue weighted by atomic mass is 19.4. The first-order valence-corrected chi connectivity index (χ1v) is 6.59. The summed E-state index contributed by atoms with van der Waals surface area (Å²) in [6.45, 7) is 0. The zero-order chi connectivity index (χ0) is 15.0. The van der Waals surface area contributed by atoms with Gasteiger partial charge in [-0.15, -0.1) is 0 Å². The SMILES string of the molecule is O=C(c1cnccc1C(F)(F)F)C1Cc2ccccc2C1. The Bertz CT molecular complexity index is 669. The smallest absolute Gasteiger partial charge is 0.294 e. The third-order valence-electron chi connectivity index (χ3n) is 3.81. The van der Waals surface area contributed by atoms with E-state index in [0.29, 0.717) is 12.8 Å². The highest BCUT2D eigenvalue weighted by Crippen LogP contribution is 2.35. The molecule has 0 aliphatic heterocycles. The highest BCUT2D eigenvalue weighted by molar-refractivity contribution is 5.99. The average Bonchev–Trinajstić information content (AvgIpc) is 2.89. The molecule has 0 fully saturated rings. The number of alkyl halides is 3. The van der Waals surface area contributed by atoms with Gasteiger partial charge in [0.15, 0.2) is 5.78 Å². The number of pyridine rings is 1.